The van der Waals surface area contributed by atoms with Crippen molar-refractivity contribution < 1.29 is 4.42 Å². The molecule has 1 aliphatic rings. The van der Waals surface area contributed by atoms with E-state index in [1.807, 2.05) is 6.26 Å². The zero-order chi connectivity index (χ0) is 14.4. The van der Waals surface area contributed by atoms with Crippen molar-refractivity contribution in [2.45, 2.75) is 53.1 Å². The van der Waals surface area contributed by atoms with Gasteiger partial charge in [0, 0.05) is 18.7 Å². The average molecular weight is 278 g/mol. The second kappa shape index (κ2) is 7.84. The van der Waals surface area contributed by atoms with Gasteiger partial charge in [0.15, 0.2) is 0 Å². The fourth-order valence-electron chi connectivity index (χ4n) is 2.99. The molecule has 2 rings (SSSR count). The van der Waals surface area contributed by atoms with Crippen LogP contribution in [-0.2, 0) is 13.1 Å². The minimum atomic E-state index is 0.692. The van der Waals surface area contributed by atoms with Gasteiger partial charge in [-0.25, -0.2) is 0 Å². The highest BCUT2D eigenvalue weighted by molar-refractivity contribution is 5.16. The van der Waals surface area contributed by atoms with Gasteiger partial charge in [-0.3, -0.25) is 4.90 Å². The number of piperidine rings is 1. The van der Waals surface area contributed by atoms with Crippen LogP contribution in [0.25, 0.3) is 0 Å². The average Bonchev–Trinajstić information content (AvgIpc) is 2.86. The first-order valence-electron chi connectivity index (χ1n) is 8.17. The summed E-state index contributed by atoms with van der Waals surface area (Å²) in [5.74, 6) is 2.72. The molecule has 1 unspecified atom stereocenters. The zero-order valence-electron chi connectivity index (χ0n) is 13.3. The topological polar surface area (TPSA) is 28.4 Å². The molecule has 0 spiro atoms. The third-order valence-electron chi connectivity index (χ3n) is 4.25. The lowest BCUT2D eigenvalue weighted by atomic mass is 9.95. The minimum Gasteiger partial charge on any atom is -0.468 e. The van der Waals surface area contributed by atoms with Gasteiger partial charge in [0.25, 0.3) is 0 Å². The van der Waals surface area contributed by atoms with E-state index in [2.05, 4.69) is 37.1 Å². The summed E-state index contributed by atoms with van der Waals surface area (Å²) in [5, 5.41) is 3.51. The fourth-order valence-corrected chi connectivity index (χ4v) is 2.99. The van der Waals surface area contributed by atoms with Crippen LogP contribution in [0.5, 0.6) is 0 Å². The van der Waals surface area contributed by atoms with Crippen molar-refractivity contribution in [3.63, 3.8) is 0 Å². The van der Waals surface area contributed by atoms with Crippen molar-refractivity contribution in [1.82, 2.24) is 10.2 Å². The SMILES string of the molecule is CCC1CCCN(Cc2occc2CNCC(C)C)C1. The van der Waals surface area contributed by atoms with Crippen LogP contribution in [0.3, 0.4) is 0 Å². The zero-order valence-corrected chi connectivity index (χ0v) is 13.3. The summed E-state index contributed by atoms with van der Waals surface area (Å²) in [6.45, 7) is 12.2. The van der Waals surface area contributed by atoms with Gasteiger partial charge >= 0.3 is 0 Å². The monoisotopic (exact) mass is 278 g/mol. The summed E-state index contributed by atoms with van der Waals surface area (Å²) in [5.41, 5.74) is 1.32. The predicted molar refractivity (Wildman–Crippen MR) is 83.5 cm³/mol. The van der Waals surface area contributed by atoms with E-state index in [1.54, 1.807) is 0 Å². The standard InChI is InChI=1S/C17H30N2O/c1-4-15-6-5-8-19(12-15)13-17-16(7-9-20-17)11-18-10-14(2)3/h7,9,14-15,18H,4-6,8,10-13H2,1-3H3. The van der Waals surface area contributed by atoms with E-state index >= 15 is 0 Å². The third-order valence-corrected chi connectivity index (χ3v) is 4.25. The third kappa shape index (κ3) is 4.64. The van der Waals surface area contributed by atoms with E-state index in [9.17, 15) is 0 Å². The Morgan fingerprint density at radius 1 is 1.45 bits per heavy atom. The minimum absolute atomic E-state index is 0.692. The molecule has 20 heavy (non-hydrogen) atoms. The van der Waals surface area contributed by atoms with Gasteiger partial charge < -0.3 is 9.73 Å². The van der Waals surface area contributed by atoms with Gasteiger partial charge in [-0.05, 0) is 43.8 Å². The highest BCUT2D eigenvalue weighted by Gasteiger charge is 2.20. The van der Waals surface area contributed by atoms with Crippen LogP contribution in [0.15, 0.2) is 16.7 Å². The van der Waals surface area contributed by atoms with Crippen molar-refractivity contribution in [3.05, 3.63) is 23.7 Å². The van der Waals surface area contributed by atoms with Crippen molar-refractivity contribution in [2.24, 2.45) is 11.8 Å². The fraction of sp³-hybridized carbons (Fsp3) is 0.765. The van der Waals surface area contributed by atoms with E-state index in [0.717, 1.165) is 31.3 Å². The summed E-state index contributed by atoms with van der Waals surface area (Å²) in [6, 6.07) is 2.11. The maximum absolute atomic E-state index is 5.71. The molecule has 1 aromatic rings. The number of nitrogens with zero attached hydrogens (tertiary/aromatic N) is 1. The van der Waals surface area contributed by atoms with E-state index in [0.29, 0.717) is 5.92 Å². The van der Waals surface area contributed by atoms with Crippen LogP contribution in [0.4, 0.5) is 0 Å². The van der Waals surface area contributed by atoms with Crippen molar-refractivity contribution in [2.75, 3.05) is 19.6 Å². The second-order valence-corrected chi connectivity index (χ2v) is 6.55. The van der Waals surface area contributed by atoms with Gasteiger partial charge in [-0.1, -0.05) is 27.2 Å². The molecule has 1 saturated heterocycles. The van der Waals surface area contributed by atoms with Crippen LogP contribution in [0.1, 0.15) is 51.4 Å². The number of rotatable bonds is 7. The number of hydrogen-bond donors (Lipinski definition) is 1. The van der Waals surface area contributed by atoms with Crippen LogP contribution >= 0.6 is 0 Å². The number of hydrogen-bond acceptors (Lipinski definition) is 3. The lowest BCUT2D eigenvalue weighted by molar-refractivity contribution is 0.154. The molecule has 0 radical (unpaired) electrons. The Hall–Kier alpha value is -0.800. The van der Waals surface area contributed by atoms with Gasteiger partial charge in [0.1, 0.15) is 5.76 Å². The molecule has 1 N–H and O–H groups in total. The highest BCUT2D eigenvalue weighted by Crippen LogP contribution is 2.22. The molecule has 0 aliphatic carbocycles. The highest BCUT2D eigenvalue weighted by atomic mass is 16.3. The Labute approximate surface area is 123 Å². The summed E-state index contributed by atoms with van der Waals surface area (Å²) >= 11 is 0. The molecule has 0 saturated carbocycles. The van der Waals surface area contributed by atoms with Crippen molar-refractivity contribution in [3.8, 4) is 0 Å². The van der Waals surface area contributed by atoms with Crippen molar-refractivity contribution in [1.29, 1.82) is 0 Å². The maximum Gasteiger partial charge on any atom is 0.122 e. The molecular formula is C17H30N2O. The summed E-state index contributed by atoms with van der Waals surface area (Å²) in [6.07, 6.45) is 5.87. The lowest BCUT2D eigenvalue weighted by Crippen LogP contribution is -2.34. The van der Waals surface area contributed by atoms with Crippen molar-refractivity contribution >= 4 is 0 Å². The number of likely N-dealkylation sites (tertiary alicyclic amines) is 1. The molecule has 114 valence electrons. The molecule has 1 fully saturated rings. The Balaban J connectivity index is 1.84. The summed E-state index contributed by atoms with van der Waals surface area (Å²) < 4.78 is 5.71. The normalized spacial score (nSPS) is 20.7. The second-order valence-electron chi connectivity index (χ2n) is 6.55. The Kier molecular flexibility index (Phi) is 6.11. The van der Waals surface area contributed by atoms with E-state index in [4.69, 9.17) is 4.42 Å². The molecule has 3 heteroatoms. The summed E-state index contributed by atoms with van der Waals surface area (Å²) in [4.78, 5) is 2.56. The molecule has 1 aliphatic heterocycles. The first-order valence-corrected chi connectivity index (χ1v) is 8.17. The Morgan fingerprint density at radius 2 is 2.30 bits per heavy atom. The predicted octanol–water partition coefficient (Wildman–Crippen LogP) is 3.65. The van der Waals surface area contributed by atoms with Crippen LogP contribution in [0.2, 0.25) is 0 Å². The molecule has 2 heterocycles. The molecule has 0 bridgehead atoms. The van der Waals surface area contributed by atoms with E-state index < -0.39 is 0 Å². The quantitative estimate of drug-likeness (QED) is 0.825. The molecule has 1 atom stereocenters. The number of furan rings is 1. The smallest absolute Gasteiger partial charge is 0.122 e. The summed E-state index contributed by atoms with van der Waals surface area (Å²) in [7, 11) is 0. The Morgan fingerprint density at radius 3 is 3.05 bits per heavy atom. The largest absolute Gasteiger partial charge is 0.468 e. The van der Waals surface area contributed by atoms with Crippen LogP contribution in [0, 0.1) is 11.8 Å². The number of nitrogens with one attached hydrogen (secondary N) is 1. The van der Waals surface area contributed by atoms with E-state index in [-0.39, 0.29) is 0 Å². The van der Waals surface area contributed by atoms with Crippen LogP contribution < -0.4 is 5.32 Å². The first kappa shape index (κ1) is 15.6. The van der Waals surface area contributed by atoms with Gasteiger partial charge in [0.2, 0.25) is 0 Å². The molecule has 0 aromatic carbocycles. The molecule has 3 nitrogen and oxygen atoms in total. The van der Waals surface area contributed by atoms with Gasteiger partial charge in [0.05, 0.1) is 12.8 Å². The molecular weight excluding hydrogens is 248 g/mol. The van der Waals surface area contributed by atoms with Gasteiger partial charge in [-0.2, -0.15) is 0 Å². The molecule has 1 aromatic heterocycles. The lowest BCUT2D eigenvalue weighted by Gasteiger charge is -2.31. The Bertz CT molecular complexity index is 386. The van der Waals surface area contributed by atoms with E-state index in [1.165, 1.54) is 37.9 Å². The molecule has 0 amide bonds. The maximum atomic E-state index is 5.71. The van der Waals surface area contributed by atoms with Gasteiger partial charge in [-0.15, -0.1) is 0 Å². The first-order chi connectivity index (χ1) is 9.69. The van der Waals surface area contributed by atoms with Crippen LogP contribution in [-0.4, -0.2) is 24.5 Å².